The summed E-state index contributed by atoms with van der Waals surface area (Å²) in [4.78, 5) is 18.8. The predicted molar refractivity (Wildman–Crippen MR) is 65.0 cm³/mol. The molecule has 0 bridgehead atoms. The van der Waals surface area contributed by atoms with E-state index in [9.17, 15) is 9.18 Å². The smallest absolute Gasteiger partial charge is 0.335 e. The molecule has 0 fully saturated rings. The number of aromatic carboxylic acids is 1. The standard InChI is InChI=1S/C12H9FN2O2S/c13-9-1-2-10(12(16)17)8(5-9)6-18-11-3-4-14-7-15-11/h1-5,7H,6H2,(H,16,17). The Labute approximate surface area is 107 Å². The molecule has 0 saturated carbocycles. The van der Waals surface area contributed by atoms with Crippen molar-refractivity contribution in [3.05, 3.63) is 53.7 Å². The first-order valence-corrected chi connectivity index (χ1v) is 6.06. The van der Waals surface area contributed by atoms with E-state index in [0.29, 0.717) is 16.3 Å². The number of carboxylic acid groups (broad SMARTS) is 1. The summed E-state index contributed by atoms with van der Waals surface area (Å²) in [6.45, 7) is 0. The molecule has 0 atom stereocenters. The maximum atomic E-state index is 13.1. The van der Waals surface area contributed by atoms with Crippen LogP contribution >= 0.6 is 11.8 Å². The van der Waals surface area contributed by atoms with E-state index in [1.54, 1.807) is 12.3 Å². The summed E-state index contributed by atoms with van der Waals surface area (Å²) in [5.41, 5.74) is 0.545. The van der Waals surface area contributed by atoms with E-state index < -0.39 is 11.8 Å². The van der Waals surface area contributed by atoms with Gasteiger partial charge in [-0.1, -0.05) is 0 Å². The van der Waals surface area contributed by atoms with E-state index in [-0.39, 0.29) is 5.56 Å². The van der Waals surface area contributed by atoms with Gasteiger partial charge >= 0.3 is 5.97 Å². The highest BCUT2D eigenvalue weighted by Gasteiger charge is 2.11. The first-order chi connectivity index (χ1) is 8.66. The Morgan fingerprint density at radius 1 is 1.39 bits per heavy atom. The molecule has 1 N–H and O–H groups in total. The largest absolute Gasteiger partial charge is 0.478 e. The van der Waals surface area contributed by atoms with Crippen LogP contribution in [0, 0.1) is 5.82 Å². The van der Waals surface area contributed by atoms with Crippen molar-refractivity contribution in [1.82, 2.24) is 9.97 Å². The molecule has 0 spiro atoms. The third-order valence-electron chi connectivity index (χ3n) is 2.23. The zero-order valence-electron chi connectivity index (χ0n) is 9.21. The summed E-state index contributed by atoms with van der Waals surface area (Å²) < 4.78 is 13.1. The molecule has 92 valence electrons. The van der Waals surface area contributed by atoms with E-state index >= 15 is 0 Å². The number of rotatable bonds is 4. The summed E-state index contributed by atoms with van der Waals surface area (Å²) in [6.07, 6.45) is 3.00. The number of thioether (sulfide) groups is 1. The molecule has 6 heteroatoms. The Kier molecular flexibility index (Phi) is 3.88. The maximum absolute atomic E-state index is 13.1. The Morgan fingerprint density at radius 2 is 2.22 bits per heavy atom. The molecule has 0 saturated heterocycles. The van der Waals surface area contributed by atoms with E-state index in [2.05, 4.69) is 9.97 Å². The summed E-state index contributed by atoms with van der Waals surface area (Å²) in [6, 6.07) is 5.36. The lowest BCUT2D eigenvalue weighted by molar-refractivity contribution is 0.0696. The number of benzene rings is 1. The van der Waals surface area contributed by atoms with Crippen LogP contribution in [-0.4, -0.2) is 21.0 Å². The van der Waals surface area contributed by atoms with Gasteiger partial charge in [0.15, 0.2) is 0 Å². The molecule has 0 aliphatic heterocycles. The van der Waals surface area contributed by atoms with Crippen LogP contribution in [0.3, 0.4) is 0 Å². The number of aromatic nitrogens is 2. The minimum atomic E-state index is -1.06. The number of hydrogen-bond donors (Lipinski definition) is 1. The third kappa shape index (κ3) is 3.04. The molecule has 0 aliphatic rings. The van der Waals surface area contributed by atoms with E-state index in [1.165, 1.54) is 30.2 Å². The molecule has 2 aromatic rings. The average Bonchev–Trinajstić information content (AvgIpc) is 2.37. The number of halogens is 1. The molecule has 1 aromatic carbocycles. The van der Waals surface area contributed by atoms with Crippen molar-refractivity contribution in [3.63, 3.8) is 0 Å². The number of carbonyl (C=O) groups is 1. The molecule has 0 radical (unpaired) electrons. The highest BCUT2D eigenvalue weighted by Crippen LogP contribution is 2.23. The highest BCUT2D eigenvalue weighted by atomic mass is 32.2. The zero-order chi connectivity index (χ0) is 13.0. The molecule has 0 aliphatic carbocycles. The van der Waals surface area contributed by atoms with Crippen LogP contribution in [0.1, 0.15) is 15.9 Å². The van der Waals surface area contributed by atoms with Crippen molar-refractivity contribution in [2.45, 2.75) is 10.8 Å². The Bertz CT molecular complexity index is 563. The third-order valence-corrected chi connectivity index (χ3v) is 3.22. The van der Waals surface area contributed by atoms with Crippen LogP contribution in [0.5, 0.6) is 0 Å². The van der Waals surface area contributed by atoms with Crippen molar-refractivity contribution in [2.24, 2.45) is 0 Å². The van der Waals surface area contributed by atoms with Gasteiger partial charge in [0.05, 0.1) is 10.6 Å². The predicted octanol–water partition coefficient (Wildman–Crippen LogP) is 2.61. The van der Waals surface area contributed by atoms with Crippen LogP contribution in [0.4, 0.5) is 4.39 Å². The molecule has 0 amide bonds. The lowest BCUT2D eigenvalue weighted by atomic mass is 10.1. The second-order valence-corrected chi connectivity index (χ2v) is 4.44. The zero-order valence-corrected chi connectivity index (χ0v) is 10.0. The minimum absolute atomic E-state index is 0.109. The van der Waals surface area contributed by atoms with Crippen molar-refractivity contribution in [2.75, 3.05) is 0 Å². The van der Waals surface area contributed by atoms with Crippen LogP contribution in [0.15, 0.2) is 41.8 Å². The lowest BCUT2D eigenvalue weighted by Crippen LogP contribution is -2.02. The molecule has 18 heavy (non-hydrogen) atoms. The van der Waals surface area contributed by atoms with Crippen LogP contribution in [0.2, 0.25) is 0 Å². The Balaban J connectivity index is 2.18. The van der Waals surface area contributed by atoms with Crippen molar-refractivity contribution in [1.29, 1.82) is 0 Å². The van der Waals surface area contributed by atoms with Gasteiger partial charge < -0.3 is 5.11 Å². The molecule has 1 heterocycles. The highest BCUT2D eigenvalue weighted by molar-refractivity contribution is 7.98. The van der Waals surface area contributed by atoms with Crippen molar-refractivity contribution >= 4 is 17.7 Å². The first-order valence-electron chi connectivity index (χ1n) is 5.07. The fraction of sp³-hybridized carbons (Fsp3) is 0.0833. The average molecular weight is 264 g/mol. The van der Waals surface area contributed by atoms with E-state index in [0.717, 1.165) is 6.07 Å². The fourth-order valence-corrected chi connectivity index (χ4v) is 2.23. The fourth-order valence-electron chi connectivity index (χ4n) is 1.41. The van der Waals surface area contributed by atoms with E-state index in [4.69, 9.17) is 5.11 Å². The second-order valence-electron chi connectivity index (χ2n) is 3.44. The van der Waals surface area contributed by atoms with Gasteiger partial charge in [0.1, 0.15) is 12.1 Å². The van der Waals surface area contributed by atoms with Gasteiger partial charge in [0.25, 0.3) is 0 Å². The number of nitrogens with zero attached hydrogens (tertiary/aromatic N) is 2. The van der Waals surface area contributed by atoms with E-state index in [1.807, 2.05) is 0 Å². The van der Waals surface area contributed by atoms with Crippen LogP contribution in [-0.2, 0) is 5.75 Å². The van der Waals surface area contributed by atoms with Crippen LogP contribution < -0.4 is 0 Å². The Morgan fingerprint density at radius 3 is 2.89 bits per heavy atom. The van der Waals surface area contributed by atoms with Crippen molar-refractivity contribution < 1.29 is 14.3 Å². The van der Waals surface area contributed by atoms with Gasteiger partial charge in [0.2, 0.25) is 0 Å². The van der Waals surface area contributed by atoms with Gasteiger partial charge in [-0.15, -0.1) is 11.8 Å². The summed E-state index contributed by atoms with van der Waals surface area (Å²) >= 11 is 1.33. The van der Waals surface area contributed by atoms with Crippen molar-refractivity contribution in [3.8, 4) is 0 Å². The first kappa shape index (κ1) is 12.5. The van der Waals surface area contributed by atoms with Gasteiger partial charge in [-0.05, 0) is 29.8 Å². The van der Waals surface area contributed by atoms with Crippen LogP contribution in [0.25, 0.3) is 0 Å². The number of carboxylic acids is 1. The van der Waals surface area contributed by atoms with Gasteiger partial charge in [-0.2, -0.15) is 0 Å². The summed E-state index contributed by atoms with van der Waals surface area (Å²) in [5, 5.41) is 9.71. The molecular formula is C12H9FN2O2S. The summed E-state index contributed by atoms with van der Waals surface area (Å²) in [5.74, 6) is -1.16. The molecule has 2 rings (SSSR count). The lowest BCUT2D eigenvalue weighted by Gasteiger charge is -2.05. The normalized spacial score (nSPS) is 10.3. The SMILES string of the molecule is O=C(O)c1ccc(F)cc1CSc1ccncn1. The van der Waals surface area contributed by atoms with Gasteiger partial charge in [-0.25, -0.2) is 19.2 Å². The topological polar surface area (TPSA) is 63.1 Å². The second kappa shape index (κ2) is 5.59. The monoisotopic (exact) mass is 264 g/mol. The molecule has 4 nitrogen and oxygen atoms in total. The van der Waals surface area contributed by atoms with Gasteiger partial charge in [0, 0.05) is 11.9 Å². The summed E-state index contributed by atoms with van der Waals surface area (Å²) in [7, 11) is 0. The minimum Gasteiger partial charge on any atom is -0.478 e. The molecule has 0 unspecified atom stereocenters. The number of hydrogen-bond acceptors (Lipinski definition) is 4. The molecular weight excluding hydrogens is 255 g/mol. The van der Waals surface area contributed by atoms with Gasteiger partial charge in [-0.3, -0.25) is 0 Å². The quantitative estimate of drug-likeness (QED) is 0.679. The Hall–Kier alpha value is -1.95. The molecule has 1 aromatic heterocycles. The maximum Gasteiger partial charge on any atom is 0.335 e.